The average molecular weight is 236 g/mol. The zero-order chi connectivity index (χ0) is 12.4. The lowest BCUT2D eigenvalue weighted by molar-refractivity contribution is 0.337. The molecule has 2 rings (SSSR count). The van der Waals surface area contributed by atoms with Gasteiger partial charge in [0.05, 0.1) is 0 Å². The molecule has 1 aromatic rings. The monoisotopic (exact) mass is 236 g/mol. The van der Waals surface area contributed by atoms with Gasteiger partial charge in [-0.3, -0.25) is 0 Å². The molecule has 5 N–H and O–H groups in total. The molecule has 6 heteroatoms. The third-order valence-corrected chi connectivity index (χ3v) is 3.51. The number of aromatic nitrogens is 2. The molecule has 0 saturated carbocycles. The molecule has 0 unspecified atom stereocenters. The number of anilines is 3. The van der Waals surface area contributed by atoms with E-state index in [0.717, 1.165) is 25.3 Å². The Labute approximate surface area is 101 Å². The summed E-state index contributed by atoms with van der Waals surface area (Å²) in [5, 5.41) is 3.39. The minimum atomic E-state index is 0.346. The van der Waals surface area contributed by atoms with E-state index in [9.17, 15) is 0 Å². The maximum atomic E-state index is 5.92. The van der Waals surface area contributed by atoms with E-state index >= 15 is 0 Å². The van der Waals surface area contributed by atoms with Gasteiger partial charge in [0, 0.05) is 19.6 Å². The second kappa shape index (κ2) is 4.75. The number of nitrogens with two attached hydrogens (primary N) is 2. The summed E-state index contributed by atoms with van der Waals surface area (Å²) in [7, 11) is 2.01. The number of hydrogen-bond donors (Lipinski definition) is 3. The summed E-state index contributed by atoms with van der Waals surface area (Å²) in [6.07, 6.45) is 2.62. The number of nitrogens with zero attached hydrogens (tertiary/aromatic N) is 3. The summed E-state index contributed by atoms with van der Waals surface area (Å²) in [6, 6.07) is 0.389. The first-order valence-electron chi connectivity index (χ1n) is 5.90. The largest absolute Gasteiger partial charge is 0.393 e. The highest BCUT2D eigenvalue weighted by molar-refractivity contribution is 5.73. The maximum Gasteiger partial charge on any atom is 0.157 e. The number of nitrogen functional groups attached to an aromatic ring is 2. The van der Waals surface area contributed by atoms with Gasteiger partial charge in [-0.25, -0.2) is 9.97 Å². The smallest absolute Gasteiger partial charge is 0.157 e. The number of hydrogen-bond acceptors (Lipinski definition) is 6. The molecule has 2 atom stereocenters. The summed E-state index contributed by atoms with van der Waals surface area (Å²) in [5.41, 5.74) is 12.1. The molecule has 0 bridgehead atoms. The fraction of sp³-hybridized carbons (Fsp3) is 0.636. The highest BCUT2D eigenvalue weighted by atomic mass is 15.2. The lowest BCUT2D eigenvalue weighted by Crippen LogP contribution is -2.49. The maximum absolute atomic E-state index is 5.92. The Morgan fingerprint density at radius 1 is 1.41 bits per heavy atom. The Bertz CT molecular complexity index is 394. The second-order valence-electron chi connectivity index (χ2n) is 4.64. The predicted molar refractivity (Wildman–Crippen MR) is 69.7 cm³/mol. The Balaban J connectivity index is 2.23. The summed E-state index contributed by atoms with van der Waals surface area (Å²) in [5.74, 6) is 1.67. The molecular formula is C11H20N6. The van der Waals surface area contributed by atoms with Crippen molar-refractivity contribution in [3.05, 3.63) is 6.33 Å². The van der Waals surface area contributed by atoms with Crippen molar-refractivity contribution in [3.63, 3.8) is 0 Å². The van der Waals surface area contributed by atoms with Crippen LogP contribution in [0.2, 0.25) is 0 Å². The van der Waals surface area contributed by atoms with Crippen molar-refractivity contribution in [1.29, 1.82) is 0 Å². The standard InChI is InChI=1S/C11H20N6/c1-7-3-4-14-5-8(7)17(2)11-9(12)10(13)15-6-16-11/h6-8,14H,3-5,12H2,1-2H3,(H2,13,15,16)/t7-,8+/m1/s1. The predicted octanol–water partition coefficient (Wildman–Crippen LogP) is 0.0752. The van der Waals surface area contributed by atoms with Crippen LogP contribution in [0.3, 0.4) is 0 Å². The molecule has 1 aliphatic heterocycles. The van der Waals surface area contributed by atoms with E-state index in [4.69, 9.17) is 11.5 Å². The minimum absolute atomic E-state index is 0.346. The SMILES string of the molecule is C[C@@H]1CCNC[C@@H]1N(C)c1ncnc(N)c1N. The molecule has 94 valence electrons. The molecule has 1 aromatic heterocycles. The zero-order valence-electron chi connectivity index (χ0n) is 10.3. The van der Waals surface area contributed by atoms with Gasteiger partial charge < -0.3 is 21.7 Å². The van der Waals surface area contributed by atoms with Crippen molar-refractivity contribution >= 4 is 17.3 Å². The molecule has 0 spiro atoms. The van der Waals surface area contributed by atoms with Crippen molar-refractivity contribution in [2.45, 2.75) is 19.4 Å². The van der Waals surface area contributed by atoms with E-state index in [1.807, 2.05) is 7.05 Å². The molecule has 6 nitrogen and oxygen atoms in total. The van der Waals surface area contributed by atoms with Crippen molar-refractivity contribution in [2.24, 2.45) is 5.92 Å². The summed E-state index contributed by atoms with van der Waals surface area (Å²) in [4.78, 5) is 10.2. The van der Waals surface area contributed by atoms with Gasteiger partial charge in [0.15, 0.2) is 11.6 Å². The molecule has 1 aliphatic rings. The van der Waals surface area contributed by atoms with Crippen molar-refractivity contribution in [2.75, 3.05) is 36.5 Å². The van der Waals surface area contributed by atoms with E-state index in [1.165, 1.54) is 6.33 Å². The topological polar surface area (TPSA) is 93.1 Å². The highest BCUT2D eigenvalue weighted by Gasteiger charge is 2.27. The normalized spacial score (nSPS) is 24.6. The van der Waals surface area contributed by atoms with Crippen LogP contribution >= 0.6 is 0 Å². The van der Waals surface area contributed by atoms with Crippen LogP contribution in [0.25, 0.3) is 0 Å². The molecule has 1 saturated heterocycles. The van der Waals surface area contributed by atoms with Crippen LogP contribution in [-0.4, -0.2) is 36.1 Å². The summed E-state index contributed by atoms with van der Waals surface area (Å²) >= 11 is 0. The lowest BCUT2D eigenvalue weighted by atomic mass is 9.93. The van der Waals surface area contributed by atoms with E-state index in [0.29, 0.717) is 23.5 Å². The number of likely N-dealkylation sites (N-methyl/N-ethyl adjacent to an activating group) is 1. The molecule has 0 radical (unpaired) electrons. The highest BCUT2D eigenvalue weighted by Crippen LogP contribution is 2.27. The van der Waals surface area contributed by atoms with Crippen LogP contribution in [-0.2, 0) is 0 Å². The molecule has 0 aliphatic carbocycles. The molecule has 0 amide bonds. The quantitative estimate of drug-likeness (QED) is 0.673. The fourth-order valence-corrected chi connectivity index (χ4v) is 2.33. The van der Waals surface area contributed by atoms with Gasteiger partial charge in [0.25, 0.3) is 0 Å². The van der Waals surface area contributed by atoms with E-state index in [2.05, 4.69) is 27.1 Å². The van der Waals surface area contributed by atoms with Crippen LogP contribution < -0.4 is 21.7 Å². The number of piperidine rings is 1. The first kappa shape index (κ1) is 11.9. The van der Waals surface area contributed by atoms with Gasteiger partial charge in [0.2, 0.25) is 0 Å². The third-order valence-electron chi connectivity index (χ3n) is 3.51. The molecule has 2 heterocycles. The first-order valence-corrected chi connectivity index (χ1v) is 5.90. The Morgan fingerprint density at radius 3 is 2.88 bits per heavy atom. The molecule has 1 fully saturated rings. The van der Waals surface area contributed by atoms with Gasteiger partial charge >= 0.3 is 0 Å². The third kappa shape index (κ3) is 2.26. The van der Waals surface area contributed by atoms with Gasteiger partial charge in [-0.1, -0.05) is 6.92 Å². The zero-order valence-corrected chi connectivity index (χ0v) is 10.3. The molecular weight excluding hydrogens is 216 g/mol. The van der Waals surface area contributed by atoms with E-state index in [1.54, 1.807) is 0 Å². The van der Waals surface area contributed by atoms with E-state index < -0.39 is 0 Å². The van der Waals surface area contributed by atoms with Crippen molar-refractivity contribution in [3.8, 4) is 0 Å². The van der Waals surface area contributed by atoms with Crippen LogP contribution in [0.1, 0.15) is 13.3 Å². The average Bonchev–Trinajstić information content (AvgIpc) is 2.32. The van der Waals surface area contributed by atoms with Gasteiger partial charge in [-0.15, -0.1) is 0 Å². The van der Waals surface area contributed by atoms with Gasteiger partial charge in [-0.05, 0) is 18.9 Å². The van der Waals surface area contributed by atoms with E-state index in [-0.39, 0.29) is 0 Å². The Hall–Kier alpha value is -1.56. The second-order valence-corrected chi connectivity index (χ2v) is 4.64. The fourth-order valence-electron chi connectivity index (χ4n) is 2.33. The Kier molecular flexibility index (Phi) is 3.33. The van der Waals surface area contributed by atoms with Crippen molar-refractivity contribution in [1.82, 2.24) is 15.3 Å². The number of nitrogens with one attached hydrogen (secondary N) is 1. The number of rotatable bonds is 2. The van der Waals surface area contributed by atoms with Crippen molar-refractivity contribution < 1.29 is 0 Å². The molecule has 0 aromatic carbocycles. The van der Waals surface area contributed by atoms with Crippen LogP contribution in [0.5, 0.6) is 0 Å². The van der Waals surface area contributed by atoms with Crippen LogP contribution in [0.4, 0.5) is 17.3 Å². The first-order chi connectivity index (χ1) is 8.11. The lowest BCUT2D eigenvalue weighted by Gasteiger charge is -2.37. The molecule has 17 heavy (non-hydrogen) atoms. The van der Waals surface area contributed by atoms with Gasteiger partial charge in [-0.2, -0.15) is 0 Å². The Morgan fingerprint density at radius 2 is 2.18 bits per heavy atom. The van der Waals surface area contributed by atoms with Crippen LogP contribution in [0.15, 0.2) is 6.33 Å². The summed E-state index contributed by atoms with van der Waals surface area (Å²) < 4.78 is 0. The summed E-state index contributed by atoms with van der Waals surface area (Å²) in [6.45, 7) is 4.27. The minimum Gasteiger partial charge on any atom is -0.393 e. The van der Waals surface area contributed by atoms with Crippen LogP contribution in [0, 0.1) is 5.92 Å². The van der Waals surface area contributed by atoms with Gasteiger partial charge in [0.1, 0.15) is 12.0 Å².